The fourth-order valence-electron chi connectivity index (χ4n) is 1.01. The molecule has 15 heavy (non-hydrogen) atoms. The van der Waals surface area contributed by atoms with E-state index in [0.717, 1.165) is 25.3 Å². The molecule has 0 saturated heterocycles. The maximum absolute atomic E-state index is 13.1. The topological polar surface area (TPSA) is 52.3 Å². The molecule has 0 heterocycles. The number of esters is 1. The summed E-state index contributed by atoms with van der Waals surface area (Å²) in [5.41, 5.74) is 5.13. The first-order chi connectivity index (χ1) is 6.56. The molecule has 1 unspecified atom stereocenters. The monoisotopic (exact) mass is 237 g/mol. The van der Waals surface area contributed by atoms with E-state index >= 15 is 0 Å². The summed E-state index contributed by atoms with van der Waals surface area (Å²) in [6.45, 7) is 0. The van der Waals surface area contributed by atoms with Crippen molar-refractivity contribution in [3.63, 3.8) is 0 Å². The SMILES string of the molecule is COC(=O)C(N)c1cc(F)ccc1F.Cl. The van der Waals surface area contributed by atoms with Gasteiger partial charge in [0.25, 0.3) is 0 Å². The van der Waals surface area contributed by atoms with E-state index in [1.54, 1.807) is 0 Å². The third-order valence-corrected chi connectivity index (χ3v) is 1.75. The van der Waals surface area contributed by atoms with Gasteiger partial charge in [-0.05, 0) is 18.2 Å². The summed E-state index contributed by atoms with van der Waals surface area (Å²) in [6.07, 6.45) is 0. The lowest BCUT2D eigenvalue weighted by atomic mass is 10.1. The van der Waals surface area contributed by atoms with Gasteiger partial charge in [0.1, 0.15) is 17.7 Å². The van der Waals surface area contributed by atoms with Gasteiger partial charge in [0.05, 0.1) is 7.11 Å². The smallest absolute Gasteiger partial charge is 0.327 e. The van der Waals surface area contributed by atoms with Crippen molar-refractivity contribution in [2.24, 2.45) is 5.73 Å². The lowest BCUT2D eigenvalue weighted by Gasteiger charge is -2.10. The van der Waals surface area contributed by atoms with Crippen LogP contribution in [0.3, 0.4) is 0 Å². The van der Waals surface area contributed by atoms with E-state index in [-0.39, 0.29) is 18.0 Å². The second-order valence-corrected chi connectivity index (χ2v) is 2.67. The molecule has 0 aromatic heterocycles. The molecule has 1 aromatic carbocycles. The summed E-state index contributed by atoms with van der Waals surface area (Å²) in [4.78, 5) is 10.9. The van der Waals surface area contributed by atoms with Gasteiger partial charge >= 0.3 is 5.97 Å². The van der Waals surface area contributed by atoms with Crippen LogP contribution >= 0.6 is 12.4 Å². The zero-order valence-electron chi connectivity index (χ0n) is 7.87. The van der Waals surface area contributed by atoms with E-state index in [9.17, 15) is 13.6 Å². The minimum absolute atomic E-state index is 0. The molecule has 0 amide bonds. The van der Waals surface area contributed by atoms with Gasteiger partial charge in [0, 0.05) is 5.56 Å². The number of nitrogens with two attached hydrogens (primary N) is 1. The normalized spacial score (nSPS) is 11.5. The summed E-state index contributed by atoms with van der Waals surface area (Å²) < 4.78 is 30.1. The number of ether oxygens (including phenoxy) is 1. The van der Waals surface area contributed by atoms with Gasteiger partial charge in [-0.1, -0.05) is 0 Å². The molecule has 1 atom stereocenters. The number of methoxy groups -OCH3 is 1. The molecular formula is C9H10ClF2NO2. The predicted octanol–water partition coefficient (Wildman–Crippen LogP) is 1.56. The number of benzene rings is 1. The molecule has 0 aliphatic carbocycles. The average molecular weight is 238 g/mol. The number of carbonyl (C=O) groups excluding carboxylic acids is 1. The van der Waals surface area contributed by atoms with Crippen molar-refractivity contribution in [3.8, 4) is 0 Å². The number of carbonyl (C=O) groups is 1. The lowest BCUT2D eigenvalue weighted by Crippen LogP contribution is -2.23. The molecule has 0 fully saturated rings. The molecule has 0 radical (unpaired) electrons. The molecule has 0 saturated carbocycles. The molecule has 3 nitrogen and oxygen atoms in total. The van der Waals surface area contributed by atoms with Crippen LogP contribution < -0.4 is 5.73 Å². The Morgan fingerprint density at radius 3 is 2.60 bits per heavy atom. The number of hydrogen-bond donors (Lipinski definition) is 1. The van der Waals surface area contributed by atoms with Crippen molar-refractivity contribution in [1.82, 2.24) is 0 Å². The minimum atomic E-state index is -1.30. The zero-order valence-corrected chi connectivity index (χ0v) is 8.68. The molecule has 6 heteroatoms. The maximum atomic E-state index is 13.1. The zero-order chi connectivity index (χ0) is 10.7. The Morgan fingerprint density at radius 2 is 2.07 bits per heavy atom. The van der Waals surface area contributed by atoms with Crippen molar-refractivity contribution in [3.05, 3.63) is 35.4 Å². The Morgan fingerprint density at radius 1 is 1.47 bits per heavy atom. The highest BCUT2D eigenvalue weighted by Gasteiger charge is 2.20. The predicted molar refractivity (Wildman–Crippen MR) is 52.6 cm³/mol. The molecule has 0 aliphatic rings. The summed E-state index contributed by atoms with van der Waals surface area (Å²) in [7, 11) is 1.12. The highest BCUT2D eigenvalue weighted by Crippen LogP contribution is 2.17. The molecule has 1 rings (SSSR count). The quantitative estimate of drug-likeness (QED) is 0.795. The lowest BCUT2D eigenvalue weighted by molar-refractivity contribution is -0.142. The van der Waals surface area contributed by atoms with Gasteiger partial charge < -0.3 is 10.5 Å². The van der Waals surface area contributed by atoms with E-state index in [1.807, 2.05) is 0 Å². The first-order valence-corrected chi connectivity index (χ1v) is 3.84. The molecule has 1 aromatic rings. The van der Waals surface area contributed by atoms with E-state index in [2.05, 4.69) is 4.74 Å². The van der Waals surface area contributed by atoms with Gasteiger partial charge in [0.2, 0.25) is 0 Å². The van der Waals surface area contributed by atoms with Gasteiger partial charge in [0.15, 0.2) is 0 Å². The van der Waals surface area contributed by atoms with Crippen molar-refractivity contribution >= 4 is 18.4 Å². The molecular weight excluding hydrogens is 228 g/mol. The maximum Gasteiger partial charge on any atom is 0.327 e. The fraction of sp³-hybridized carbons (Fsp3) is 0.222. The van der Waals surface area contributed by atoms with Gasteiger partial charge in [-0.25, -0.2) is 8.78 Å². The minimum Gasteiger partial charge on any atom is -0.468 e. The van der Waals surface area contributed by atoms with E-state index in [0.29, 0.717) is 0 Å². The summed E-state index contributed by atoms with van der Waals surface area (Å²) in [5, 5.41) is 0. The third-order valence-electron chi connectivity index (χ3n) is 1.75. The van der Waals surface area contributed by atoms with Crippen LogP contribution in [0.2, 0.25) is 0 Å². The Balaban J connectivity index is 0.00000196. The van der Waals surface area contributed by atoms with Crippen LogP contribution in [-0.2, 0) is 9.53 Å². The van der Waals surface area contributed by atoms with Gasteiger partial charge in [-0.2, -0.15) is 0 Å². The van der Waals surface area contributed by atoms with E-state index in [4.69, 9.17) is 5.73 Å². The molecule has 2 N–H and O–H groups in total. The summed E-state index contributed by atoms with van der Waals surface area (Å²) in [5.74, 6) is -2.19. The van der Waals surface area contributed by atoms with Crippen molar-refractivity contribution < 1.29 is 18.3 Å². The molecule has 0 aliphatic heterocycles. The van der Waals surface area contributed by atoms with Crippen LogP contribution in [-0.4, -0.2) is 13.1 Å². The second kappa shape index (κ2) is 5.63. The van der Waals surface area contributed by atoms with Crippen LogP contribution in [0.4, 0.5) is 8.78 Å². The van der Waals surface area contributed by atoms with Crippen molar-refractivity contribution in [2.75, 3.05) is 7.11 Å². The number of halogens is 3. The largest absolute Gasteiger partial charge is 0.468 e. The van der Waals surface area contributed by atoms with Crippen molar-refractivity contribution in [2.45, 2.75) is 6.04 Å². The fourth-order valence-corrected chi connectivity index (χ4v) is 1.01. The van der Waals surface area contributed by atoms with Crippen LogP contribution in [0.15, 0.2) is 18.2 Å². The van der Waals surface area contributed by atoms with Crippen LogP contribution in [0, 0.1) is 11.6 Å². The van der Waals surface area contributed by atoms with Crippen molar-refractivity contribution in [1.29, 1.82) is 0 Å². The number of hydrogen-bond acceptors (Lipinski definition) is 3. The Hall–Kier alpha value is -1.20. The molecule has 84 valence electrons. The van der Waals surface area contributed by atoms with Gasteiger partial charge in [-0.3, -0.25) is 4.79 Å². The van der Waals surface area contributed by atoms with Crippen LogP contribution in [0.5, 0.6) is 0 Å². The Kier molecular flexibility index (Phi) is 5.18. The summed E-state index contributed by atoms with van der Waals surface area (Å²) >= 11 is 0. The van der Waals surface area contributed by atoms with Crippen LogP contribution in [0.25, 0.3) is 0 Å². The average Bonchev–Trinajstić information content (AvgIpc) is 2.19. The first-order valence-electron chi connectivity index (χ1n) is 3.84. The molecule has 0 bridgehead atoms. The third kappa shape index (κ3) is 3.14. The van der Waals surface area contributed by atoms with Gasteiger partial charge in [-0.15, -0.1) is 12.4 Å². The number of rotatable bonds is 2. The highest BCUT2D eigenvalue weighted by molar-refractivity contribution is 5.85. The first kappa shape index (κ1) is 13.8. The second-order valence-electron chi connectivity index (χ2n) is 2.67. The molecule has 0 spiro atoms. The van der Waals surface area contributed by atoms with Crippen LogP contribution in [0.1, 0.15) is 11.6 Å². The Bertz CT molecular complexity index is 360. The summed E-state index contributed by atoms with van der Waals surface area (Å²) in [6, 6.07) is 1.43. The van der Waals surface area contributed by atoms with E-state index in [1.165, 1.54) is 0 Å². The van der Waals surface area contributed by atoms with E-state index < -0.39 is 23.6 Å². The Labute approximate surface area is 91.6 Å². The standard InChI is InChI=1S/C9H9F2NO2.ClH/c1-14-9(13)8(12)6-4-5(10)2-3-7(6)11;/h2-4,8H,12H2,1H3;1H. The highest BCUT2D eigenvalue weighted by atomic mass is 35.5.